The van der Waals surface area contributed by atoms with Crippen LogP contribution >= 0.6 is 0 Å². The Kier molecular flexibility index (Phi) is 3.91. The summed E-state index contributed by atoms with van der Waals surface area (Å²) >= 11 is 0. The van der Waals surface area contributed by atoms with Crippen molar-refractivity contribution in [2.75, 3.05) is 31.1 Å². The molecular weight excluding hydrogens is 232 g/mol. The first-order chi connectivity index (χ1) is 8.61. The van der Waals surface area contributed by atoms with Crippen molar-refractivity contribution in [3.63, 3.8) is 0 Å². The summed E-state index contributed by atoms with van der Waals surface area (Å²) in [5.41, 5.74) is 0. The number of carboxylic acid groups (broad SMARTS) is 1. The molecule has 0 spiro atoms. The molecule has 5 heteroatoms. The van der Waals surface area contributed by atoms with Gasteiger partial charge in [-0.05, 0) is 19.4 Å². The Hall–Kier alpha value is -1.49. The number of hydrogen-bond donors (Lipinski definition) is 1. The number of piperazine rings is 1. The smallest absolute Gasteiger partial charge is 0.371 e. The van der Waals surface area contributed by atoms with Crippen molar-refractivity contribution in [2.24, 2.45) is 0 Å². The molecule has 1 unspecified atom stereocenters. The lowest BCUT2D eigenvalue weighted by Crippen LogP contribution is -2.49. The topological polar surface area (TPSA) is 56.9 Å². The van der Waals surface area contributed by atoms with Gasteiger partial charge in [0.05, 0.1) is 0 Å². The summed E-state index contributed by atoms with van der Waals surface area (Å²) < 4.78 is 5.31. The number of carboxylic acids is 1. The lowest BCUT2D eigenvalue weighted by atomic mass is 10.2. The number of nitrogens with zero attached hydrogens (tertiary/aromatic N) is 2. The van der Waals surface area contributed by atoms with Crippen molar-refractivity contribution >= 4 is 11.9 Å². The standard InChI is InChI=1S/C13H20N2O3/c1-3-10(2)14-6-8-15(9-7-14)12-5-4-11(18-12)13(16)17/h4-5,10H,3,6-9H2,1-2H3,(H,16,17). The van der Waals surface area contributed by atoms with Crippen LogP contribution < -0.4 is 4.90 Å². The third-order valence-electron chi connectivity index (χ3n) is 3.64. The summed E-state index contributed by atoms with van der Waals surface area (Å²) in [6.07, 6.45) is 1.16. The molecule has 1 aromatic heterocycles. The van der Waals surface area contributed by atoms with Gasteiger partial charge in [0.2, 0.25) is 5.76 Å². The average Bonchev–Trinajstić information content (AvgIpc) is 2.88. The quantitative estimate of drug-likeness (QED) is 0.887. The van der Waals surface area contributed by atoms with Crippen LogP contribution in [0.15, 0.2) is 16.5 Å². The van der Waals surface area contributed by atoms with Crippen molar-refractivity contribution in [3.05, 3.63) is 17.9 Å². The van der Waals surface area contributed by atoms with Gasteiger partial charge < -0.3 is 14.4 Å². The highest BCUT2D eigenvalue weighted by atomic mass is 16.4. The Morgan fingerprint density at radius 3 is 2.56 bits per heavy atom. The Morgan fingerprint density at radius 2 is 2.06 bits per heavy atom. The molecule has 1 saturated heterocycles. The van der Waals surface area contributed by atoms with Gasteiger partial charge in [-0.1, -0.05) is 6.92 Å². The zero-order valence-corrected chi connectivity index (χ0v) is 10.9. The first-order valence-electron chi connectivity index (χ1n) is 6.44. The molecule has 2 heterocycles. The summed E-state index contributed by atoms with van der Waals surface area (Å²) in [6.45, 7) is 8.21. The highest BCUT2D eigenvalue weighted by Gasteiger charge is 2.22. The zero-order chi connectivity index (χ0) is 13.1. The van der Waals surface area contributed by atoms with E-state index in [0.717, 1.165) is 32.6 Å². The minimum absolute atomic E-state index is 0.00866. The molecule has 0 radical (unpaired) electrons. The van der Waals surface area contributed by atoms with Crippen LogP contribution in [0.2, 0.25) is 0 Å². The Balaban J connectivity index is 1.94. The number of carbonyl (C=O) groups is 1. The Labute approximate surface area is 107 Å². The molecule has 100 valence electrons. The molecule has 0 amide bonds. The van der Waals surface area contributed by atoms with Crippen molar-refractivity contribution in [1.29, 1.82) is 0 Å². The fourth-order valence-corrected chi connectivity index (χ4v) is 2.25. The molecule has 0 aromatic carbocycles. The number of aromatic carboxylic acids is 1. The third kappa shape index (κ3) is 2.67. The fraction of sp³-hybridized carbons (Fsp3) is 0.615. The van der Waals surface area contributed by atoms with E-state index in [9.17, 15) is 4.79 Å². The molecule has 5 nitrogen and oxygen atoms in total. The summed E-state index contributed by atoms with van der Waals surface area (Å²) in [5, 5.41) is 8.82. The van der Waals surface area contributed by atoms with E-state index in [0.29, 0.717) is 11.9 Å². The number of hydrogen-bond acceptors (Lipinski definition) is 4. The highest BCUT2D eigenvalue weighted by molar-refractivity contribution is 5.84. The van der Waals surface area contributed by atoms with E-state index in [1.165, 1.54) is 6.07 Å². The molecule has 0 bridgehead atoms. The molecule has 1 N–H and O–H groups in total. The third-order valence-corrected chi connectivity index (χ3v) is 3.64. The maximum atomic E-state index is 10.8. The van der Waals surface area contributed by atoms with Gasteiger partial charge >= 0.3 is 5.97 Å². The molecule has 1 aliphatic rings. The van der Waals surface area contributed by atoms with Crippen LogP contribution in [-0.4, -0.2) is 48.2 Å². The van der Waals surface area contributed by atoms with Crippen molar-refractivity contribution in [2.45, 2.75) is 26.3 Å². The lowest BCUT2D eigenvalue weighted by molar-refractivity contribution is 0.0663. The van der Waals surface area contributed by atoms with E-state index in [1.54, 1.807) is 6.07 Å². The van der Waals surface area contributed by atoms with Gasteiger partial charge in [0.1, 0.15) is 0 Å². The zero-order valence-electron chi connectivity index (χ0n) is 10.9. The summed E-state index contributed by atoms with van der Waals surface area (Å²) in [6, 6.07) is 3.86. The molecule has 0 saturated carbocycles. The first kappa shape index (κ1) is 13.0. The van der Waals surface area contributed by atoms with Gasteiger partial charge in [0, 0.05) is 38.3 Å². The van der Waals surface area contributed by atoms with Crippen LogP contribution in [0.25, 0.3) is 0 Å². The lowest BCUT2D eigenvalue weighted by Gasteiger charge is -2.37. The first-order valence-corrected chi connectivity index (χ1v) is 6.44. The van der Waals surface area contributed by atoms with E-state index in [2.05, 4.69) is 23.6 Å². The monoisotopic (exact) mass is 252 g/mol. The van der Waals surface area contributed by atoms with Crippen molar-refractivity contribution in [1.82, 2.24) is 4.90 Å². The molecule has 0 aliphatic carbocycles. The van der Waals surface area contributed by atoms with Crippen molar-refractivity contribution < 1.29 is 14.3 Å². The summed E-state index contributed by atoms with van der Waals surface area (Å²) in [5.74, 6) is -0.343. The van der Waals surface area contributed by atoms with E-state index in [-0.39, 0.29) is 5.76 Å². The minimum atomic E-state index is -1.01. The van der Waals surface area contributed by atoms with Crippen LogP contribution in [0, 0.1) is 0 Å². The van der Waals surface area contributed by atoms with Gasteiger partial charge in [-0.15, -0.1) is 0 Å². The van der Waals surface area contributed by atoms with Gasteiger partial charge in [0.15, 0.2) is 5.88 Å². The number of anilines is 1. The number of furan rings is 1. The predicted molar refractivity (Wildman–Crippen MR) is 69.2 cm³/mol. The van der Waals surface area contributed by atoms with E-state index in [4.69, 9.17) is 9.52 Å². The van der Waals surface area contributed by atoms with E-state index in [1.807, 2.05) is 0 Å². The number of rotatable bonds is 4. The molecule has 1 atom stereocenters. The van der Waals surface area contributed by atoms with Crippen LogP contribution in [0.3, 0.4) is 0 Å². The molecule has 1 aliphatic heterocycles. The largest absolute Gasteiger partial charge is 0.475 e. The summed E-state index contributed by atoms with van der Waals surface area (Å²) in [7, 11) is 0. The average molecular weight is 252 g/mol. The fourth-order valence-electron chi connectivity index (χ4n) is 2.25. The van der Waals surface area contributed by atoms with Crippen LogP contribution in [0.1, 0.15) is 30.8 Å². The molecule has 18 heavy (non-hydrogen) atoms. The molecule has 1 aromatic rings. The second-order valence-electron chi connectivity index (χ2n) is 4.72. The second kappa shape index (κ2) is 5.44. The molecule has 1 fully saturated rings. The van der Waals surface area contributed by atoms with Crippen LogP contribution in [-0.2, 0) is 0 Å². The van der Waals surface area contributed by atoms with Gasteiger partial charge in [-0.25, -0.2) is 4.79 Å². The van der Waals surface area contributed by atoms with Gasteiger partial charge in [0.25, 0.3) is 0 Å². The van der Waals surface area contributed by atoms with E-state index >= 15 is 0 Å². The molecule has 2 rings (SSSR count). The molecular formula is C13H20N2O3. The van der Waals surface area contributed by atoms with Gasteiger partial charge in [-0.2, -0.15) is 0 Å². The maximum absolute atomic E-state index is 10.8. The normalized spacial score (nSPS) is 18.9. The summed E-state index contributed by atoms with van der Waals surface area (Å²) in [4.78, 5) is 15.3. The SMILES string of the molecule is CCC(C)N1CCN(c2ccc(C(=O)O)o2)CC1. The Bertz CT molecular complexity index is 408. The van der Waals surface area contributed by atoms with Gasteiger partial charge in [-0.3, -0.25) is 4.90 Å². The van der Waals surface area contributed by atoms with Crippen molar-refractivity contribution in [3.8, 4) is 0 Å². The van der Waals surface area contributed by atoms with Crippen LogP contribution in [0.4, 0.5) is 5.88 Å². The van der Waals surface area contributed by atoms with E-state index < -0.39 is 5.97 Å². The van der Waals surface area contributed by atoms with Crippen LogP contribution in [0.5, 0.6) is 0 Å². The maximum Gasteiger partial charge on any atom is 0.371 e. The Morgan fingerprint density at radius 1 is 1.39 bits per heavy atom. The minimum Gasteiger partial charge on any atom is -0.475 e. The highest BCUT2D eigenvalue weighted by Crippen LogP contribution is 2.21. The second-order valence-corrected chi connectivity index (χ2v) is 4.72. The predicted octanol–water partition coefficient (Wildman–Crippen LogP) is 1.90.